The average molecular weight is 565 g/mol. The minimum Gasteiger partial charge on any atom is -0.494 e. The van der Waals surface area contributed by atoms with Crippen LogP contribution in [0.1, 0.15) is 49.4 Å². The van der Waals surface area contributed by atoms with E-state index in [0.29, 0.717) is 40.9 Å². The third kappa shape index (κ3) is 5.18. The molecule has 38 heavy (non-hydrogen) atoms. The van der Waals surface area contributed by atoms with Crippen LogP contribution in [-0.4, -0.2) is 77.6 Å². The number of hydrogen-bond acceptors (Lipinski definition) is 10. The summed E-state index contributed by atoms with van der Waals surface area (Å²) < 4.78 is 45.7. The number of ether oxygens (including phenoxy) is 3. The van der Waals surface area contributed by atoms with Gasteiger partial charge in [0.15, 0.2) is 27.3 Å². The summed E-state index contributed by atoms with van der Waals surface area (Å²) in [5.41, 5.74) is 0.437. The largest absolute Gasteiger partial charge is 0.494 e. The Morgan fingerprint density at radius 1 is 1.11 bits per heavy atom. The van der Waals surface area contributed by atoms with Crippen molar-refractivity contribution in [1.82, 2.24) is 29.6 Å². The Hall–Kier alpha value is -3.29. The third-order valence-electron chi connectivity index (χ3n) is 6.64. The predicted molar refractivity (Wildman–Crippen MR) is 138 cm³/mol. The number of likely N-dealkylation sites (tertiary alicyclic amines) is 1. The Kier molecular flexibility index (Phi) is 8.19. The Morgan fingerprint density at radius 2 is 1.74 bits per heavy atom. The lowest BCUT2D eigenvalue weighted by atomic mass is 10.2. The number of carbonyl (C=O) groups is 1. The molecule has 14 heteroatoms. The Labute approximate surface area is 225 Å². The Bertz CT molecular complexity index is 1390. The van der Waals surface area contributed by atoms with E-state index in [1.807, 2.05) is 0 Å². The SMILES string of the molecule is COc1cccc(OC)c1-n1c(CS(=O)(=O)[C@@H](C)[C@H](OC)c2ncc(Cl)cn2)nnc1C1CCC(=O)N1C. The Balaban J connectivity index is 1.81. The lowest BCUT2D eigenvalue weighted by molar-refractivity contribution is -0.127. The van der Waals surface area contributed by atoms with Crippen molar-refractivity contribution in [3.8, 4) is 17.2 Å². The van der Waals surface area contributed by atoms with Gasteiger partial charge in [-0.25, -0.2) is 18.4 Å². The van der Waals surface area contributed by atoms with Crippen LogP contribution >= 0.6 is 11.6 Å². The maximum absolute atomic E-state index is 13.7. The van der Waals surface area contributed by atoms with Gasteiger partial charge in [0, 0.05) is 33.0 Å². The first kappa shape index (κ1) is 27.7. The summed E-state index contributed by atoms with van der Waals surface area (Å²) >= 11 is 5.89. The van der Waals surface area contributed by atoms with Crippen LogP contribution in [0.5, 0.6) is 11.5 Å². The van der Waals surface area contributed by atoms with Crippen molar-refractivity contribution in [2.24, 2.45) is 0 Å². The molecule has 3 aromatic rings. The number of hydrogen-bond donors (Lipinski definition) is 0. The highest BCUT2D eigenvalue weighted by atomic mass is 35.5. The molecule has 3 heterocycles. The minimum atomic E-state index is -3.91. The quantitative estimate of drug-likeness (QED) is 0.361. The number of halogens is 1. The van der Waals surface area contributed by atoms with Gasteiger partial charge in [-0.2, -0.15) is 0 Å². The summed E-state index contributed by atoms with van der Waals surface area (Å²) in [5, 5.41) is 7.92. The van der Waals surface area contributed by atoms with Gasteiger partial charge in [0.25, 0.3) is 0 Å². The number of sulfone groups is 1. The van der Waals surface area contributed by atoms with E-state index in [9.17, 15) is 13.2 Å². The zero-order valence-corrected chi connectivity index (χ0v) is 23.2. The van der Waals surface area contributed by atoms with Gasteiger partial charge in [-0.3, -0.25) is 9.36 Å². The summed E-state index contributed by atoms with van der Waals surface area (Å²) in [7, 11) is 2.17. The molecule has 0 aliphatic carbocycles. The van der Waals surface area contributed by atoms with Crippen molar-refractivity contribution in [3.63, 3.8) is 0 Å². The van der Waals surface area contributed by atoms with Crippen LogP contribution in [0.3, 0.4) is 0 Å². The summed E-state index contributed by atoms with van der Waals surface area (Å²) in [6, 6.07) is 4.80. The van der Waals surface area contributed by atoms with Crippen molar-refractivity contribution in [2.75, 3.05) is 28.4 Å². The van der Waals surface area contributed by atoms with Gasteiger partial charge in [0.1, 0.15) is 29.0 Å². The lowest BCUT2D eigenvalue weighted by Crippen LogP contribution is -2.30. The smallest absolute Gasteiger partial charge is 0.223 e. The summed E-state index contributed by atoms with van der Waals surface area (Å²) in [6.45, 7) is 1.52. The zero-order chi connectivity index (χ0) is 27.6. The molecule has 0 spiro atoms. The van der Waals surface area contributed by atoms with E-state index in [1.54, 1.807) is 34.7 Å². The van der Waals surface area contributed by atoms with Crippen molar-refractivity contribution in [3.05, 3.63) is 53.1 Å². The fourth-order valence-corrected chi connectivity index (χ4v) is 6.03. The van der Waals surface area contributed by atoms with Crippen LogP contribution in [0, 0.1) is 0 Å². The van der Waals surface area contributed by atoms with E-state index in [0.717, 1.165) is 0 Å². The molecule has 0 radical (unpaired) electrons. The van der Waals surface area contributed by atoms with E-state index in [2.05, 4.69) is 20.2 Å². The number of para-hydroxylation sites is 1. The number of amides is 1. The van der Waals surface area contributed by atoms with E-state index in [4.69, 9.17) is 25.8 Å². The molecule has 2 aromatic heterocycles. The molecule has 1 aliphatic rings. The molecule has 1 unspecified atom stereocenters. The molecule has 0 N–H and O–H groups in total. The maximum atomic E-state index is 13.7. The van der Waals surface area contributed by atoms with Gasteiger partial charge in [-0.1, -0.05) is 17.7 Å². The molecule has 3 atom stereocenters. The number of rotatable bonds is 10. The van der Waals surface area contributed by atoms with E-state index in [-0.39, 0.29) is 17.6 Å². The van der Waals surface area contributed by atoms with Gasteiger partial charge in [0.05, 0.1) is 30.5 Å². The standard InChI is InChI=1S/C24H29ClN6O6S/c1-14(22(37-5)23-26-11-15(25)12-27-23)38(33,34)13-19-28-29-24(16-9-10-20(32)30(16)2)31(19)21-17(35-3)7-6-8-18(21)36-4/h6-8,11-12,14,16,22H,9-10,13H2,1-5H3/t14-,16?,22-/m0/s1. The van der Waals surface area contributed by atoms with E-state index in [1.165, 1.54) is 40.6 Å². The van der Waals surface area contributed by atoms with Crippen LogP contribution in [-0.2, 0) is 25.1 Å². The third-order valence-corrected chi connectivity index (χ3v) is 8.88. The molecule has 1 aliphatic heterocycles. The fraction of sp³-hybridized carbons (Fsp3) is 0.458. The van der Waals surface area contributed by atoms with Crippen molar-refractivity contribution in [1.29, 1.82) is 0 Å². The van der Waals surface area contributed by atoms with Gasteiger partial charge >= 0.3 is 0 Å². The normalized spacial score (nSPS) is 17.5. The highest BCUT2D eigenvalue weighted by Crippen LogP contribution is 2.39. The molecule has 12 nitrogen and oxygen atoms in total. The second-order valence-corrected chi connectivity index (χ2v) is 11.6. The first-order chi connectivity index (χ1) is 18.1. The van der Waals surface area contributed by atoms with Gasteiger partial charge < -0.3 is 19.1 Å². The molecule has 4 rings (SSSR count). The molecule has 1 saturated heterocycles. The van der Waals surface area contributed by atoms with E-state index >= 15 is 0 Å². The molecular weight excluding hydrogens is 536 g/mol. The first-order valence-electron chi connectivity index (χ1n) is 11.8. The fourth-order valence-electron chi connectivity index (χ4n) is 4.52. The van der Waals surface area contributed by atoms with E-state index < -0.39 is 33.0 Å². The summed E-state index contributed by atoms with van der Waals surface area (Å²) in [4.78, 5) is 22.2. The van der Waals surface area contributed by atoms with Gasteiger partial charge in [-0.15, -0.1) is 10.2 Å². The van der Waals surface area contributed by atoms with Crippen LogP contribution in [0.15, 0.2) is 30.6 Å². The summed E-state index contributed by atoms with van der Waals surface area (Å²) in [5.74, 6) is 1.05. The maximum Gasteiger partial charge on any atom is 0.223 e. The molecular formula is C24H29ClN6O6S. The first-order valence-corrected chi connectivity index (χ1v) is 13.8. The van der Waals surface area contributed by atoms with Crippen LogP contribution < -0.4 is 9.47 Å². The van der Waals surface area contributed by atoms with Gasteiger partial charge in [-0.05, 0) is 25.5 Å². The number of aromatic nitrogens is 5. The molecule has 204 valence electrons. The predicted octanol–water partition coefficient (Wildman–Crippen LogP) is 2.71. The Morgan fingerprint density at radius 3 is 2.26 bits per heavy atom. The van der Waals surface area contributed by atoms with Crippen molar-refractivity contribution >= 4 is 27.3 Å². The molecule has 0 saturated carbocycles. The van der Waals surface area contributed by atoms with Crippen LogP contribution in [0.2, 0.25) is 5.02 Å². The zero-order valence-electron chi connectivity index (χ0n) is 21.7. The number of methoxy groups -OCH3 is 3. The second kappa shape index (κ2) is 11.2. The number of carbonyl (C=O) groups excluding carboxylic acids is 1. The monoisotopic (exact) mass is 564 g/mol. The van der Waals surface area contributed by atoms with Crippen molar-refractivity contribution < 1.29 is 27.4 Å². The average Bonchev–Trinajstić information content (AvgIpc) is 3.46. The number of benzene rings is 1. The highest BCUT2D eigenvalue weighted by molar-refractivity contribution is 7.91. The molecule has 1 amide bonds. The molecule has 0 bridgehead atoms. The highest BCUT2D eigenvalue weighted by Gasteiger charge is 2.38. The molecule has 1 aromatic carbocycles. The van der Waals surface area contributed by atoms with Gasteiger partial charge in [0.2, 0.25) is 5.91 Å². The molecule has 1 fully saturated rings. The minimum absolute atomic E-state index is 0.0368. The number of nitrogens with zero attached hydrogens (tertiary/aromatic N) is 6. The second-order valence-electron chi connectivity index (χ2n) is 8.81. The summed E-state index contributed by atoms with van der Waals surface area (Å²) in [6.07, 6.45) is 2.66. The van der Waals surface area contributed by atoms with Crippen LogP contribution in [0.25, 0.3) is 5.69 Å². The van der Waals surface area contributed by atoms with Crippen molar-refractivity contribution in [2.45, 2.75) is 42.9 Å². The van der Waals surface area contributed by atoms with Crippen LogP contribution in [0.4, 0.5) is 0 Å². The lowest BCUT2D eigenvalue weighted by Gasteiger charge is -2.24. The topological polar surface area (TPSA) is 139 Å².